The van der Waals surface area contributed by atoms with Gasteiger partial charge in [0.2, 0.25) is 0 Å². The third kappa shape index (κ3) is 3.64. The first-order valence-electron chi connectivity index (χ1n) is 7.42. The minimum Gasteiger partial charge on any atom is -0.279 e. The van der Waals surface area contributed by atoms with Gasteiger partial charge < -0.3 is 0 Å². The predicted molar refractivity (Wildman–Crippen MR) is 96.2 cm³/mol. The second kappa shape index (κ2) is 7.19. The number of nitro benzene ring substituents is 1. The summed E-state index contributed by atoms with van der Waals surface area (Å²) in [5, 5.41) is 15.2. The van der Waals surface area contributed by atoms with Gasteiger partial charge in [-0.1, -0.05) is 54.6 Å². The number of hydrogen-bond donors (Lipinski definition) is 1. The van der Waals surface area contributed by atoms with Gasteiger partial charge in [-0.2, -0.15) is 5.10 Å². The van der Waals surface area contributed by atoms with Crippen LogP contribution in [0.3, 0.4) is 0 Å². The fraction of sp³-hybridized carbons (Fsp3) is 0. The molecule has 3 aromatic rings. The zero-order chi connectivity index (χ0) is 16.8. The maximum atomic E-state index is 11.0. The van der Waals surface area contributed by atoms with Gasteiger partial charge in [0.15, 0.2) is 0 Å². The molecule has 0 heterocycles. The van der Waals surface area contributed by atoms with Crippen LogP contribution in [0.2, 0.25) is 0 Å². The number of nitrogens with zero attached hydrogens (tertiary/aromatic N) is 2. The predicted octanol–water partition coefficient (Wildman–Crippen LogP) is 4.71. The van der Waals surface area contributed by atoms with E-state index in [0.29, 0.717) is 0 Å². The Morgan fingerprint density at radius 3 is 2.46 bits per heavy atom. The quantitative estimate of drug-likeness (QED) is 0.421. The SMILES string of the molecule is O=[N+]([O-])c1cccc(-c2ccccc2C=NNc2ccccc2)c1. The van der Waals surface area contributed by atoms with E-state index in [1.807, 2.05) is 60.7 Å². The number of para-hydroxylation sites is 1. The molecule has 0 amide bonds. The van der Waals surface area contributed by atoms with E-state index >= 15 is 0 Å². The Bertz CT molecular complexity index is 877. The Hall–Kier alpha value is -3.47. The average molecular weight is 317 g/mol. The van der Waals surface area contributed by atoms with E-state index in [9.17, 15) is 10.1 Å². The van der Waals surface area contributed by atoms with E-state index in [-0.39, 0.29) is 5.69 Å². The van der Waals surface area contributed by atoms with Gasteiger partial charge in [0.1, 0.15) is 0 Å². The summed E-state index contributed by atoms with van der Waals surface area (Å²) in [6.07, 6.45) is 1.71. The minimum absolute atomic E-state index is 0.0710. The van der Waals surface area contributed by atoms with Gasteiger partial charge in [0, 0.05) is 17.7 Å². The summed E-state index contributed by atoms with van der Waals surface area (Å²) < 4.78 is 0. The summed E-state index contributed by atoms with van der Waals surface area (Å²) in [6, 6.07) is 23.9. The minimum atomic E-state index is -0.392. The second-order valence-corrected chi connectivity index (χ2v) is 5.13. The van der Waals surface area contributed by atoms with Crippen LogP contribution in [0.25, 0.3) is 11.1 Å². The van der Waals surface area contributed by atoms with Gasteiger partial charge in [-0.25, -0.2) is 0 Å². The normalized spacial score (nSPS) is 10.7. The molecule has 0 aliphatic heterocycles. The van der Waals surface area contributed by atoms with E-state index in [4.69, 9.17) is 0 Å². The molecule has 0 saturated heterocycles. The maximum Gasteiger partial charge on any atom is 0.270 e. The zero-order valence-corrected chi connectivity index (χ0v) is 12.8. The molecule has 0 aliphatic carbocycles. The van der Waals surface area contributed by atoms with Gasteiger partial charge in [-0.05, 0) is 23.3 Å². The number of rotatable bonds is 5. The van der Waals surface area contributed by atoms with E-state index in [0.717, 1.165) is 22.4 Å². The highest BCUT2D eigenvalue weighted by molar-refractivity contribution is 5.91. The van der Waals surface area contributed by atoms with Gasteiger partial charge in [-0.3, -0.25) is 15.5 Å². The van der Waals surface area contributed by atoms with Crippen molar-refractivity contribution in [2.45, 2.75) is 0 Å². The summed E-state index contributed by atoms with van der Waals surface area (Å²) in [6.45, 7) is 0. The molecule has 0 bridgehead atoms. The van der Waals surface area contributed by atoms with Crippen molar-refractivity contribution >= 4 is 17.6 Å². The molecule has 0 saturated carbocycles. The number of nitro groups is 1. The monoisotopic (exact) mass is 317 g/mol. The van der Waals surface area contributed by atoms with Crippen LogP contribution < -0.4 is 5.43 Å². The molecule has 0 aromatic heterocycles. The largest absolute Gasteiger partial charge is 0.279 e. The first-order chi connectivity index (χ1) is 11.7. The standard InChI is InChI=1S/C19H15N3O2/c23-22(24)18-11-6-8-15(13-18)19-12-5-4-7-16(19)14-20-21-17-9-2-1-3-10-17/h1-14,21H. The number of anilines is 1. The van der Waals surface area contributed by atoms with Crippen LogP contribution in [0.4, 0.5) is 11.4 Å². The lowest BCUT2D eigenvalue weighted by Crippen LogP contribution is -1.93. The van der Waals surface area contributed by atoms with Crippen molar-refractivity contribution in [2.24, 2.45) is 5.10 Å². The molecule has 5 nitrogen and oxygen atoms in total. The second-order valence-electron chi connectivity index (χ2n) is 5.13. The fourth-order valence-electron chi connectivity index (χ4n) is 2.35. The molecule has 0 aliphatic rings. The zero-order valence-electron chi connectivity index (χ0n) is 12.8. The van der Waals surface area contributed by atoms with Crippen LogP contribution in [0, 0.1) is 10.1 Å². The maximum absolute atomic E-state index is 11.0. The van der Waals surface area contributed by atoms with Gasteiger partial charge in [0.05, 0.1) is 16.8 Å². The first-order valence-corrected chi connectivity index (χ1v) is 7.42. The van der Waals surface area contributed by atoms with Crippen molar-refractivity contribution in [3.8, 4) is 11.1 Å². The number of hydrazone groups is 1. The van der Waals surface area contributed by atoms with Crippen molar-refractivity contribution in [3.63, 3.8) is 0 Å². The van der Waals surface area contributed by atoms with Gasteiger partial charge in [0.25, 0.3) is 5.69 Å². The summed E-state index contributed by atoms with van der Waals surface area (Å²) >= 11 is 0. The number of nitrogens with one attached hydrogen (secondary N) is 1. The number of benzene rings is 3. The third-order valence-electron chi connectivity index (χ3n) is 3.50. The molecule has 0 spiro atoms. The molecule has 5 heteroatoms. The lowest BCUT2D eigenvalue weighted by molar-refractivity contribution is -0.384. The molecular weight excluding hydrogens is 302 g/mol. The Balaban J connectivity index is 1.88. The Kier molecular flexibility index (Phi) is 4.62. The van der Waals surface area contributed by atoms with Crippen LogP contribution in [0.5, 0.6) is 0 Å². The number of non-ortho nitro benzene ring substituents is 1. The van der Waals surface area contributed by atoms with E-state index in [1.54, 1.807) is 18.3 Å². The fourth-order valence-corrected chi connectivity index (χ4v) is 2.35. The molecule has 3 aromatic carbocycles. The van der Waals surface area contributed by atoms with Crippen LogP contribution in [-0.2, 0) is 0 Å². The van der Waals surface area contributed by atoms with Crippen LogP contribution in [0.1, 0.15) is 5.56 Å². The summed E-state index contributed by atoms with van der Waals surface area (Å²) in [7, 11) is 0. The topological polar surface area (TPSA) is 67.5 Å². The molecule has 0 fully saturated rings. The summed E-state index contributed by atoms with van der Waals surface area (Å²) in [5.41, 5.74) is 6.47. The van der Waals surface area contributed by atoms with Crippen molar-refractivity contribution in [1.29, 1.82) is 0 Å². The molecule has 3 rings (SSSR count). The van der Waals surface area contributed by atoms with Crippen molar-refractivity contribution in [2.75, 3.05) is 5.43 Å². The van der Waals surface area contributed by atoms with Crippen molar-refractivity contribution in [3.05, 3.63) is 94.5 Å². The van der Waals surface area contributed by atoms with Crippen LogP contribution in [0.15, 0.2) is 84.0 Å². The van der Waals surface area contributed by atoms with Crippen LogP contribution in [-0.4, -0.2) is 11.1 Å². The highest BCUT2D eigenvalue weighted by Crippen LogP contribution is 2.26. The molecule has 0 atom stereocenters. The molecule has 24 heavy (non-hydrogen) atoms. The van der Waals surface area contributed by atoms with Gasteiger partial charge >= 0.3 is 0 Å². The third-order valence-corrected chi connectivity index (χ3v) is 3.50. The lowest BCUT2D eigenvalue weighted by Gasteiger charge is -2.06. The highest BCUT2D eigenvalue weighted by atomic mass is 16.6. The smallest absolute Gasteiger partial charge is 0.270 e. The lowest BCUT2D eigenvalue weighted by atomic mass is 10.00. The molecule has 1 N–H and O–H groups in total. The highest BCUT2D eigenvalue weighted by Gasteiger charge is 2.09. The van der Waals surface area contributed by atoms with Crippen LogP contribution >= 0.6 is 0 Å². The Morgan fingerprint density at radius 1 is 0.917 bits per heavy atom. The van der Waals surface area contributed by atoms with Crippen molar-refractivity contribution < 1.29 is 4.92 Å². The number of hydrogen-bond acceptors (Lipinski definition) is 4. The molecule has 0 radical (unpaired) electrons. The molecule has 0 unspecified atom stereocenters. The average Bonchev–Trinajstić information content (AvgIpc) is 2.63. The first kappa shape index (κ1) is 15.4. The van der Waals surface area contributed by atoms with E-state index < -0.39 is 4.92 Å². The summed E-state index contributed by atoms with van der Waals surface area (Å²) in [4.78, 5) is 10.6. The molecule has 118 valence electrons. The van der Waals surface area contributed by atoms with Crippen molar-refractivity contribution in [1.82, 2.24) is 0 Å². The molecular formula is C19H15N3O2. The Labute approximate surface area is 139 Å². The summed E-state index contributed by atoms with van der Waals surface area (Å²) in [5.74, 6) is 0. The Morgan fingerprint density at radius 2 is 1.67 bits per heavy atom. The van der Waals surface area contributed by atoms with E-state index in [1.165, 1.54) is 6.07 Å². The van der Waals surface area contributed by atoms with Gasteiger partial charge in [-0.15, -0.1) is 0 Å². The van der Waals surface area contributed by atoms with E-state index in [2.05, 4.69) is 10.5 Å².